The van der Waals surface area contributed by atoms with Crippen molar-refractivity contribution in [3.05, 3.63) is 30.3 Å². The van der Waals surface area contributed by atoms with Gasteiger partial charge in [-0.2, -0.15) is 4.52 Å². The van der Waals surface area contributed by atoms with E-state index in [0.717, 1.165) is 39.4 Å². The lowest BCUT2D eigenvalue weighted by Crippen LogP contribution is -2.27. The van der Waals surface area contributed by atoms with Crippen molar-refractivity contribution in [3.63, 3.8) is 0 Å². The van der Waals surface area contributed by atoms with Crippen LogP contribution < -0.4 is 10.6 Å². The summed E-state index contributed by atoms with van der Waals surface area (Å²) in [5, 5.41) is 21.0. The number of anilines is 2. The Bertz CT molecular complexity index is 1260. The van der Waals surface area contributed by atoms with E-state index >= 15 is 0 Å². The van der Waals surface area contributed by atoms with Crippen molar-refractivity contribution in [2.75, 3.05) is 10.6 Å². The first-order chi connectivity index (χ1) is 14.7. The number of benzene rings is 1. The molecule has 3 heterocycles. The lowest BCUT2D eigenvalue weighted by Gasteiger charge is -2.26. The molecule has 2 saturated carbocycles. The molecule has 2 aliphatic rings. The van der Waals surface area contributed by atoms with Gasteiger partial charge in [0.1, 0.15) is 5.82 Å². The van der Waals surface area contributed by atoms with Gasteiger partial charge in [-0.05, 0) is 74.2 Å². The number of carbonyl (C=O) groups is 1. The number of nitrogens with zero attached hydrogens (tertiary/aromatic N) is 5. The van der Waals surface area contributed by atoms with Crippen molar-refractivity contribution in [3.8, 4) is 0 Å². The maximum atomic E-state index is 12.0. The molecule has 0 atom stereocenters. The van der Waals surface area contributed by atoms with E-state index in [1.54, 1.807) is 4.52 Å². The third-order valence-corrected chi connectivity index (χ3v) is 7.30. The standard InChI is InChI=1S/C20H19N7OS2/c28-18(11-4-5-11)23-19-22-14-7-6-13(10-15(14)30-19)29-20-25-24-17-9-8-16(26-27(17)20)21-12-2-1-3-12/h6-12H,1-5H2,(H,21,26)(H,22,23,28). The molecule has 0 unspecified atom stereocenters. The molecule has 0 radical (unpaired) electrons. The highest BCUT2D eigenvalue weighted by Gasteiger charge is 2.30. The van der Waals surface area contributed by atoms with Gasteiger partial charge < -0.3 is 10.6 Å². The van der Waals surface area contributed by atoms with E-state index in [4.69, 9.17) is 0 Å². The Morgan fingerprint density at radius 3 is 2.83 bits per heavy atom. The predicted molar refractivity (Wildman–Crippen MR) is 117 cm³/mol. The molecule has 2 N–H and O–H groups in total. The molecule has 10 heteroatoms. The van der Waals surface area contributed by atoms with E-state index in [2.05, 4.69) is 37.0 Å². The summed E-state index contributed by atoms with van der Waals surface area (Å²) in [7, 11) is 0. The summed E-state index contributed by atoms with van der Waals surface area (Å²) >= 11 is 3.01. The van der Waals surface area contributed by atoms with Crippen molar-refractivity contribution < 1.29 is 4.79 Å². The Balaban J connectivity index is 1.24. The molecule has 2 fully saturated rings. The molecule has 0 bridgehead atoms. The van der Waals surface area contributed by atoms with Gasteiger partial charge in [0.25, 0.3) is 0 Å². The van der Waals surface area contributed by atoms with E-state index in [1.165, 1.54) is 42.4 Å². The number of aromatic nitrogens is 5. The molecule has 6 rings (SSSR count). The van der Waals surface area contributed by atoms with E-state index in [-0.39, 0.29) is 11.8 Å². The maximum Gasteiger partial charge on any atom is 0.229 e. The summed E-state index contributed by atoms with van der Waals surface area (Å²) in [6, 6.07) is 10.5. The van der Waals surface area contributed by atoms with Crippen molar-refractivity contribution in [1.82, 2.24) is 24.8 Å². The van der Waals surface area contributed by atoms with Gasteiger partial charge in [-0.1, -0.05) is 11.3 Å². The quantitative estimate of drug-likeness (QED) is 0.467. The number of amides is 1. The highest BCUT2D eigenvalue weighted by atomic mass is 32.2. The van der Waals surface area contributed by atoms with E-state index < -0.39 is 0 Å². The van der Waals surface area contributed by atoms with Crippen LogP contribution in [0.5, 0.6) is 0 Å². The fraction of sp³-hybridized carbons (Fsp3) is 0.350. The van der Waals surface area contributed by atoms with Gasteiger partial charge in [0.2, 0.25) is 11.1 Å². The van der Waals surface area contributed by atoms with Gasteiger partial charge in [-0.3, -0.25) is 4.79 Å². The number of fused-ring (bicyclic) bond motifs is 2. The van der Waals surface area contributed by atoms with Gasteiger partial charge in [0.05, 0.1) is 10.2 Å². The van der Waals surface area contributed by atoms with E-state index in [9.17, 15) is 4.79 Å². The second-order valence-electron chi connectivity index (χ2n) is 7.76. The second-order valence-corrected chi connectivity index (χ2v) is 9.83. The molecule has 152 valence electrons. The SMILES string of the molecule is O=C(Nc1nc2ccc(Sc3nnc4ccc(NC5CCC5)nn34)cc2s1)C1CC1. The molecular formula is C20H19N7OS2. The van der Waals surface area contributed by atoms with Crippen LogP contribution in [0, 0.1) is 5.92 Å². The molecule has 0 spiro atoms. The van der Waals surface area contributed by atoms with Crippen LogP contribution in [0.3, 0.4) is 0 Å². The van der Waals surface area contributed by atoms with Crippen LogP contribution in [0.15, 0.2) is 40.4 Å². The van der Waals surface area contributed by atoms with Gasteiger partial charge in [0.15, 0.2) is 10.8 Å². The predicted octanol–water partition coefficient (Wildman–Crippen LogP) is 4.20. The molecular weight excluding hydrogens is 418 g/mol. The average molecular weight is 438 g/mol. The Hall–Kier alpha value is -2.72. The smallest absolute Gasteiger partial charge is 0.229 e. The third-order valence-electron chi connectivity index (χ3n) is 5.44. The van der Waals surface area contributed by atoms with Crippen LogP contribution in [0.4, 0.5) is 10.9 Å². The molecule has 2 aliphatic carbocycles. The number of hydrogen-bond donors (Lipinski definition) is 2. The van der Waals surface area contributed by atoms with Gasteiger partial charge in [0, 0.05) is 16.9 Å². The molecule has 30 heavy (non-hydrogen) atoms. The fourth-order valence-corrected chi connectivity index (χ4v) is 5.16. The lowest BCUT2D eigenvalue weighted by molar-refractivity contribution is -0.117. The zero-order valence-corrected chi connectivity index (χ0v) is 17.7. The first-order valence-electron chi connectivity index (χ1n) is 10.1. The number of thiazole rings is 1. The normalized spacial score (nSPS) is 16.7. The third kappa shape index (κ3) is 3.50. The fourth-order valence-electron chi connectivity index (χ4n) is 3.35. The van der Waals surface area contributed by atoms with E-state index in [0.29, 0.717) is 16.3 Å². The zero-order valence-electron chi connectivity index (χ0n) is 16.0. The zero-order chi connectivity index (χ0) is 20.1. The lowest BCUT2D eigenvalue weighted by atomic mass is 9.93. The minimum absolute atomic E-state index is 0.0796. The van der Waals surface area contributed by atoms with Crippen molar-refractivity contribution in [1.29, 1.82) is 0 Å². The minimum atomic E-state index is 0.0796. The summed E-state index contributed by atoms with van der Waals surface area (Å²) in [5.41, 5.74) is 1.60. The summed E-state index contributed by atoms with van der Waals surface area (Å²) in [5.74, 6) is 1.10. The van der Waals surface area contributed by atoms with Crippen LogP contribution in [-0.4, -0.2) is 36.7 Å². The summed E-state index contributed by atoms with van der Waals surface area (Å²) in [4.78, 5) is 17.5. The second kappa shape index (κ2) is 7.21. The number of hydrogen-bond acceptors (Lipinski definition) is 8. The molecule has 1 aromatic carbocycles. The first kappa shape index (κ1) is 18.1. The Kier molecular flexibility index (Phi) is 4.34. The Labute approximate surface area is 180 Å². The van der Waals surface area contributed by atoms with Crippen LogP contribution in [0.1, 0.15) is 32.1 Å². The monoisotopic (exact) mass is 437 g/mol. The summed E-state index contributed by atoms with van der Waals surface area (Å²) < 4.78 is 2.81. The molecule has 1 amide bonds. The van der Waals surface area contributed by atoms with Gasteiger partial charge in [-0.25, -0.2) is 4.98 Å². The highest BCUT2D eigenvalue weighted by molar-refractivity contribution is 7.99. The highest BCUT2D eigenvalue weighted by Crippen LogP contribution is 2.35. The number of nitrogens with one attached hydrogen (secondary N) is 2. The molecule has 0 aliphatic heterocycles. The molecule has 8 nitrogen and oxygen atoms in total. The largest absolute Gasteiger partial charge is 0.366 e. The average Bonchev–Trinajstić information content (AvgIpc) is 3.39. The number of rotatable bonds is 6. The molecule has 4 aromatic rings. The Morgan fingerprint density at radius 1 is 1.13 bits per heavy atom. The van der Waals surface area contributed by atoms with Crippen LogP contribution in [0.25, 0.3) is 15.9 Å². The van der Waals surface area contributed by atoms with Crippen molar-refractivity contribution in [2.24, 2.45) is 5.92 Å². The van der Waals surface area contributed by atoms with Crippen LogP contribution in [-0.2, 0) is 4.79 Å². The Morgan fingerprint density at radius 2 is 2.03 bits per heavy atom. The maximum absolute atomic E-state index is 12.0. The van der Waals surface area contributed by atoms with Gasteiger partial charge >= 0.3 is 0 Å². The van der Waals surface area contributed by atoms with Crippen LogP contribution >= 0.6 is 23.1 Å². The number of carbonyl (C=O) groups excluding carboxylic acids is 1. The minimum Gasteiger partial charge on any atom is -0.366 e. The summed E-state index contributed by atoms with van der Waals surface area (Å²) in [6.45, 7) is 0. The topological polar surface area (TPSA) is 97.1 Å². The molecule has 0 saturated heterocycles. The van der Waals surface area contributed by atoms with Crippen molar-refractivity contribution >= 4 is 55.8 Å². The van der Waals surface area contributed by atoms with Crippen LogP contribution in [0.2, 0.25) is 0 Å². The first-order valence-corrected chi connectivity index (χ1v) is 11.7. The summed E-state index contributed by atoms with van der Waals surface area (Å²) in [6.07, 6.45) is 5.63. The van der Waals surface area contributed by atoms with Crippen molar-refractivity contribution in [2.45, 2.75) is 48.2 Å². The van der Waals surface area contributed by atoms with E-state index in [1.807, 2.05) is 24.3 Å². The molecule has 3 aromatic heterocycles. The van der Waals surface area contributed by atoms with Gasteiger partial charge in [-0.15, -0.1) is 15.3 Å².